The maximum absolute atomic E-state index is 5.95. The predicted molar refractivity (Wildman–Crippen MR) is 73.1 cm³/mol. The quantitative estimate of drug-likeness (QED) is 0.790. The summed E-state index contributed by atoms with van der Waals surface area (Å²) in [4.78, 5) is 5.28. The fourth-order valence-electron chi connectivity index (χ4n) is 3.20. The first-order chi connectivity index (χ1) is 8.19. The molecule has 100 valence electrons. The lowest BCUT2D eigenvalue weighted by atomic mass is 9.68. The normalized spacial score (nSPS) is 27.7. The Bertz CT molecular complexity index is 224. The van der Waals surface area contributed by atoms with Gasteiger partial charge in [-0.3, -0.25) is 4.90 Å². The Morgan fingerprint density at radius 2 is 1.82 bits per heavy atom. The van der Waals surface area contributed by atoms with Gasteiger partial charge < -0.3 is 10.6 Å². The number of piperazine rings is 1. The average Bonchev–Trinajstić information content (AvgIpc) is 2.33. The van der Waals surface area contributed by atoms with E-state index in [1.807, 2.05) is 0 Å². The summed E-state index contributed by atoms with van der Waals surface area (Å²) >= 11 is 0. The first-order valence-electron chi connectivity index (χ1n) is 7.35. The van der Waals surface area contributed by atoms with Gasteiger partial charge in [-0.1, -0.05) is 13.3 Å². The van der Waals surface area contributed by atoms with Crippen molar-refractivity contribution in [3.63, 3.8) is 0 Å². The van der Waals surface area contributed by atoms with Gasteiger partial charge in [-0.2, -0.15) is 0 Å². The highest BCUT2D eigenvalue weighted by molar-refractivity contribution is 4.92. The Labute approximate surface area is 106 Å². The summed E-state index contributed by atoms with van der Waals surface area (Å²) in [6, 6.07) is 0.754. The number of nitrogens with zero attached hydrogens (tertiary/aromatic N) is 2. The summed E-state index contributed by atoms with van der Waals surface area (Å²) in [7, 11) is 0. The van der Waals surface area contributed by atoms with Crippen LogP contribution < -0.4 is 5.73 Å². The standard InChI is InChI=1S/C14H29N3/c1-3-13(2)17-9-7-16(8-10-17)12-14(11-15)5-4-6-14/h13H,3-12,15H2,1-2H3. The molecule has 1 saturated heterocycles. The molecule has 2 fully saturated rings. The second kappa shape index (κ2) is 5.68. The van der Waals surface area contributed by atoms with Crippen LogP contribution in [-0.2, 0) is 0 Å². The molecule has 0 aromatic carbocycles. The summed E-state index contributed by atoms with van der Waals surface area (Å²) in [6.45, 7) is 11.7. The molecule has 1 atom stereocenters. The molecule has 1 saturated carbocycles. The van der Waals surface area contributed by atoms with Gasteiger partial charge in [0.2, 0.25) is 0 Å². The Morgan fingerprint density at radius 3 is 2.24 bits per heavy atom. The van der Waals surface area contributed by atoms with Crippen LogP contribution in [0.25, 0.3) is 0 Å². The molecule has 1 aliphatic heterocycles. The van der Waals surface area contributed by atoms with Crippen LogP contribution in [0.3, 0.4) is 0 Å². The summed E-state index contributed by atoms with van der Waals surface area (Å²) < 4.78 is 0. The largest absolute Gasteiger partial charge is 0.330 e. The molecule has 1 aliphatic carbocycles. The average molecular weight is 239 g/mol. The third kappa shape index (κ3) is 3.01. The number of hydrogen-bond donors (Lipinski definition) is 1. The molecule has 2 N–H and O–H groups in total. The zero-order valence-electron chi connectivity index (χ0n) is 11.6. The maximum atomic E-state index is 5.95. The Morgan fingerprint density at radius 1 is 1.18 bits per heavy atom. The molecule has 0 bridgehead atoms. The van der Waals surface area contributed by atoms with Crippen molar-refractivity contribution in [2.45, 2.75) is 45.6 Å². The second-order valence-corrected chi connectivity index (χ2v) is 6.13. The third-order valence-electron chi connectivity index (χ3n) is 5.03. The van der Waals surface area contributed by atoms with E-state index in [4.69, 9.17) is 5.73 Å². The number of hydrogen-bond acceptors (Lipinski definition) is 3. The smallest absolute Gasteiger partial charge is 0.0113 e. The van der Waals surface area contributed by atoms with E-state index in [2.05, 4.69) is 23.6 Å². The first kappa shape index (κ1) is 13.3. The van der Waals surface area contributed by atoms with Crippen molar-refractivity contribution in [1.29, 1.82) is 0 Å². The van der Waals surface area contributed by atoms with Crippen molar-refractivity contribution < 1.29 is 0 Å². The zero-order valence-corrected chi connectivity index (χ0v) is 11.6. The lowest BCUT2D eigenvalue weighted by molar-refractivity contribution is 0.0338. The van der Waals surface area contributed by atoms with Gasteiger partial charge in [0.1, 0.15) is 0 Å². The van der Waals surface area contributed by atoms with Crippen LogP contribution in [0.1, 0.15) is 39.5 Å². The van der Waals surface area contributed by atoms with Gasteiger partial charge in [-0.25, -0.2) is 0 Å². The summed E-state index contributed by atoms with van der Waals surface area (Å²) in [5.74, 6) is 0. The molecule has 3 heteroatoms. The molecule has 1 unspecified atom stereocenters. The molecular weight excluding hydrogens is 210 g/mol. The monoisotopic (exact) mass is 239 g/mol. The van der Waals surface area contributed by atoms with Crippen molar-refractivity contribution in [3.8, 4) is 0 Å². The van der Waals surface area contributed by atoms with Crippen LogP contribution in [0.4, 0.5) is 0 Å². The Hall–Kier alpha value is -0.120. The molecule has 0 aromatic rings. The molecule has 0 radical (unpaired) electrons. The van der Waals surface area contributed by atoms with Crippen LogP contribution >= 0.6 is 0 Å². The minimum Gasteiger partial charge on any atom is -0.330 e. The van der Waals surface area contributed by atoms with Crippen LogP contribution in [0.15, 0.2) is 0 Å². The van der Waals surface area contributed by atoms with Crippen molar-refractivity contribution in [1.82, 2.24) is 9.80 Å². The minimum absolute atomic E-state index is 0.485. The van der Waals surface area contributed by atoms with Gasteiger partial charge in [0.25, 0.3) is 0 Å². The van der Waals surface area contributed by atoms with Crippen LogP contribution in [0.5, 0.6) is 0 Å². The maximum Gasteiger partial charge on any atom is 0.0113 e. The van der Waals surface area contributed by atoms with Gasteiger partial charge in [0, 0.05) is 38.8 Å². The number of nitrogens with two attached hydrogens (primary N) is 1. The highest BCUT2D eigenvalue weighted by atomic mass is 15.3. The van der Waals surface area contributed by atoms with Gasteiger partial charge in [0.15, 0.2) is 0 Å². The molecule has 2 rings (SSSR count). The van der Waals surface area contributed by atoms with Crippen molar-refractivity contribution in [2.75, 3.05) is 39.3 Å². The van der Waals surface area contributed by atoms with Crippen LogP contribution in [0.2, 0.25) is 0 Å². The third-order valence-corrected chi connectivity index (χ3v) is 5.03. The van der Waals surface area contributed by atoms with Crippen molar-refractivity contribution in [3.05, 3.63) is 0 Å². The molecule has 2 aliphatic rings. The first-order valence-corrected chi connectivity index (χ1v) is 7.35. The predicted octanol–water partition coefficient (Wildman–Crippen LogP) is 1.53. The van der Waals surface area contributed by atoms with Gasteiger partial charge in [-0.05, 0) is 38.1 Å². The zero-order chi connectivity index (χ0) is 12.3. The van der Waals surface area contributed by atoms with E-state index in [-0.39, 0.29) is 0 Å². The van der Waals surface area contributed by atoms with Crippen molar-refractivity contribution in [2.24, 2.45) is 11.1 Å². The molecule has 0 amide bonds. The lowest BCUT2D eigenvalue weighted by Gasteiger charge is -2.47. The SMILES string of the molecule is CCC(C)N1CCN(CC2(CN)CCC2)CC1. The van der Waals surface area contributed by atoms with Crippen LogP contribution in [0, 0.1) is 5.41 Å². The lowest BCUT2D eigenvalue weighted by Crippen LogP contribution is -2.54. The van der Waals surface area contributed by atoms with Crippen molar-refractivity contribution >= 4 is 0 Å². The fourth-order valence-corrected chi connectivity index (χ4v) is 3.20. The molecule has 17 heavy (non-hydrogen) atoms. The summed E-state index contributed by atoms with van der Waals surface area (Å²) in [5.41, 5.74) is 6.43. The topological polar surface area (TPSA) is 32.5 Å². The Balaban J connectivity index is 1.75. The molecule has 0 aromatic heterocycles. The van der Waals surface area contributed by atoms with E-state index in [0.717, 1.165) is 12.6 Å². The summed E-state index contributed by atoms with van der Waals surface area (Å²) in [5, 5.41) is 0. The highest BCUT2D eigenvalue weighted by Crippen LogP contribution is 2.40. The fraction of sp³-hybridized carbons (Fsp3) is 1.00. The van der Waals surface area contributed by atoms with Gasteiger partial charge in [0.05, 0.1) is 0 Å². The van der Waals surface area contributed by atoms with Gasteiger partial charge in [-0.15, -0.1) is 0 Å². The van der Waals surface area contributed by atoms with E-state index in [1.54, 1.807) is 0 Å². The van der Waals surface area contributed by atoms with E-state index in [9.17, 15) is 0 Å². The van der Waals surface area contributed by atoms with E-state index >= 15 is 0 Å². The second-order valence-electron chi connectivity index (χ2n) is 6.13. The molecule has 0 spiro atoms. The summed E-state index contributed by atoms with van der Waals surface area (Å²) in [6.07, 6.45) is 5.38. The van der Waals surface area contributed by atoms with E-state index in [1.165, 1.54) is 58.4 Å². The van der Waals surface area contributed by atoms with E-state index < -0.39 is 0 Å². The van der Waals surface area contributed by atoms with Gasteiger partial charge >= 0.3 is 0 Å². The molecular formula is C14H29N3. The van der Waals surface area contributed by atoms with E-state index in [0.29, 0.717) is 5.41 Å². The Kier molecular flexibility index (Phi) is 4.45. The molecule has 3 nitrogen and oxygen atoms in total. The highest BCUT2D eigenvalue weighted by Gasteiger charge is 2.37. The van der Waals surface area contributed by atoms with Crippen LogP contribution in [-0.4, -0.2) is 55.1 Å². The minimum atomic E-state index is 0.485. The molecule has 1 heterocycles. The number of rotatable bonds is 5.